The van der Waals surface area contributed by atoms with Crippen LogP contribution in [0, 0.1) is 0 Å². The molecule has 8 N–H and O–H groups in total. The quantitative estimate of drug-likeness (QED) is 0.177. The van der Waals surface area contributed by atoms with E-state index in [1.165, 1.54) is 17.2 Å². The van der Waals surface area contributed by atoms with E-state index in [1.54, 1.807) is 0 Å². The van der Waals surface area contributed by atoms with Gasteiger partial charge in [-0.15, -0.1) is 0 Å². The van der Waals surface area contributed by atoms with Crippen molar-refractivity contribution in [3.05, 3.63) is 12.7 Å². The summed E-state index contributed by atoms with van der Waals surface area (Å²) < 4.78 is 7.12. The van der Waals surface area contributed by atoms with Crippen molar-refractivity contribution in [1.82, 2.24) is 45.7 Å². The average Bonchev–Trinajstić information content (AvgIpc) is 3.45. The third-order valence-electron chi connectivity index (χ3n) is 6.70. The lowest BCUT2D eigenvalue weighted by molar-refractivity contribution is -0.137. The Morgan fingerprint density at radius 1 is 1.00 bits per heavy atom. The maximum Gasteiger partial charge on any atom is 0.252 e. The third kappa shape index (κ3) is 6.92. The maximum atomic E-state index is 12.7. The Bertz CT molecular complexity index is 1060. The number of nitrogen functional groups attached to an aromatic ring is 1. The van der Waals surface area contributed by atoms with Crippen LogP contribution in [0.3, 0.4) is 0 Å². The van der Waals surface area contributed by atoms with Crippen molar-refractivity contribution in [2.75, 3.05) is 64.6 Å². The van der Waals surface area contributed by atoms with Gasteiger partial charge in [-0.3, -0.25) is 14.2 Å². The number of rotatable bonds is 7. The predicted octanol–water partition coefficient (Wildman–Crippen LogP) is -3.07. The normalized spacial score (nSPS) is 25.6. The molecule has 2 aromatic rings. The van der Waals surface area contributed by atoms with Gasteiger partial charge in [0, 0.05) is 65.3 Å². The Labute approximate surface area is 220 Å². The molecule has 38 heavy (non-hydrogen) atoms. The molecule has 210 valence electrons. The highest BCUT2D eigenvalue weighted by atomic mass is 16.6. The molecule has 2 fully saturated rings. The van der Waals surface area contributed by atoms with Crippen molar-refractivity contribution in [2.24, 2.45) is 0 Å². The highest BCUT2D eigenvalue weighted by Gasteiger charge is 2.47. The van der Waals surface area contributed by atoms with E-state index >= 15 is 0 Å². The van der Waals surface area contributed by atoms with Crippen molar-refractivity contribution in [3.8, 4) is 0 Å². The van der Waals surface area contributed by atoms with Gasteiger partial charge < -0.3 is 46.9 Å². The SMILES string of the molecule is Nc1ncnc2c1ncn2C1OC(C(=O)NCCCCC(=O)N2CCNCCNCCNCC2)C(O)C1O. The number of aliphatic hydroxyl groups is 2. The van der Waals surface area contributed by atoms with E-state index in [4.69, 9.17) is 10.5 Å². The molecule has 4 rings (SSSR count). The molecule has 4 heterocycles. The van der Waals surface area contributed by atoms with Gasteiger partial charge in [0.1, 0.15) is 24.1 Å². The summed E-state index contributed by atoms with van der Waals surface area (Å²) in [5.74, 6) is -0.283. The van der Waals surface area contributed by atoms with Crippen molar-refractivity contribution < 1.29 is 24.5 Å². The molecule has 15 heteroatoms. The first-order valence-corrected chi connectivity index (χ1v) is 13.1. The summed E-state index contributed by atoms with van der Waals surface area (Å²) in [6, 6.07) is 0. The second-order valence-electron chi connectivity index (χ2n) is 9.39. The first-order valence-electron chi connectivity index (χ1n) is 13.1. The van der Waals surface area contributed by atoms with E-state index in [9.17, 15) is 19.8 Å². The number of fused-ring (bicyclic) bond motifs is 1. The lowest BCUT2D eigenvalue weighted by Gasteiger charge is -2.24. The van der Waals surface area contributed by atoms with Gasteiger partial charge in [-0.1, -0.05) is 0 Å². The van der Waals surface area contributed by atoms with Gasteiger partial charge in [-0.05, 0) is 12.8 Å². The molecule has 0 spiro atoms. The first kappa shape index (κ1) is 28.1. The Hall–Kier alpha value is -2.95. The molecule has 2 aromatic heterocycles. The van der Waals surface area contributed by atoms with E-state index in [1.807, 2.05) is 4.90 Å². The van der Waals surface area contributed by atoms with E-state index in [-0.39, 0.29) is 11.7 Å². The van der Waals surface area contributed by atoms with Crippen LogP contribution >= 0.6 is 0 Å². The lowest BCUT2D eigenvalue weighted by Crippen LogP contribution is -2.44. The van der Waals surface area contributed by atoms with E-state index in [0.29, 0.717) is 50.1 Å². The summed E-state index contributed by atoms with van der Waals surface area (Å²) in [7, 11) is 0. The number of nitrogens with two attached hydrogens (primary N) is 1. The number of nitrogens with zero attached hydrogens (tertiary/aromatic N) is 5. The molecule has 0 aromatic carbocycles. The fourth-order valence-electron chi connectivity index (χ4n) is 4.55. The van der Waals surface area contributed by atoms with Crippen LogP contribution in [0.2, 0.25) is 0 Å². The van der Waals surface area contributed by atoms with Crippen LogP contribution in [0.25, 0.3) is 11.2 Å². The van der Waals surface area contributed by atoms with Gasteiger partial charge in [0.05, 0.1) is 6.33 Å². The number of hydrogen-bond donors (Lipinski definition) is 7. The minimum Gasteiger partial charge on any atom is -0.387 e. The molecule has 15 nitrogen and oxygen atoms in total. The van der Waals surface area contributed by atoms with Gasteiger partial charge in [-0.2, -0.15) is 0 Å². The van der Waals surface area contributed by atoms with Crippen LogP contribution < -0.4 is 27.0 Å². The Morgan fingerprint density at radius 3 is 2.39 bits per heavy atom. The van der Waals surface area contributed by atoms with Gasteiger partial charge >= 0.3 is 0 Å². The van der Waals surface area contributed by atoms with Crippen molar-refractivity contribution >= 4 is 28.8 Å². The molecular weight excluding hydrogens is 496 g/mol. The zero-order chi connectivity index (χ0) is 26.9. The molecule has 2 saturated heterocycles. The number of ether oxygens (including phenoxy) is 1. The number of unbranched alkanes of at least 4 members (excludes halogenated alkanes) is 1. The van der Waals surface area contributed by atoms with Crippen molar-refractivity contribution in [3.63, 3.8) is 0 Å². The van der Waals surface area contributed by atoms with Gasteiger partial charge in [0.25, 0.3) is 5.91 Å². The smallest absolute Gasteiger partial charge is 0.252 e. The summed E-state index contributed by atoms with van der Waals surface area (Å²) in [6.07, 6.45) is -0.944. The number of carbonyl (C=O) groups is 2. The molecule has 0 aliphatic carbocycles. The molecule has 0 saturated carbocycles. The highest BCUT2D eigenvalue weighted by molar-refractivity contribution is 5.82. The highest BCUT2D eigenvalue weighted by Crippen LogP contribution is 2.32. The maximum absolute atomic E-state index is 12.7. The summed E-state index contributed by atoms with van der Waals surface area (Å²) in [4.78, 5) is 39.4. The van der Waals surface area contributed by atoms with Crippen molar-refractivity contribution in [2.45, 2.75) is 43.8 Å². The summed E-state index contributed by atoms with van der Waals surface area (Å²) in [5, 5.41) is 33.8. The van der Waals surface area contributed by atoms with E-state index in [2.05, 4.69) is 36.2 Å². The molecule has 2 aliphatic rings. The number of aromatic nitrogens is 4. The molecule has 2 amide bonds. The second-order valence-corrected chi connectivity index (χ2v) is 9.39. The van der Waals surface area contributed by atoms with Crippen LogP contribution in [-0.2, 0) is 14.3 Å². The number of aliphatic hydroxyl groups excluding tert-OH is 2. The number of amides is 2. The van der Waals surface area contributed by atoms with Crippen LogP contribution in [0.4, 0.5) is 5.82 Å². The number of imidazole rings is 1. The minimum atomic E-state index is -1.44. The fourth-order valence-corrected chi connectivity index (χ4v) is 4.55. The molecule has 0 bridgehead atoms. The third-order valence-corrected chi connectivity index (χ3v) is 6.70. The largest absolute Gasteiger partial charge is 0.387 e. The monoisotopic (exact) mass is 534 g/mol. The summed E-state index contributed by atoms with van der Waals surface area (Å²) in [5.41, 5.74) is 6.46. The van der Waals surface area contributed by atoms with Crippen LogP contribution in [0.15, 0.2) is 12.7 Å². The Morgan fingerprint density at radius 2 is 1.68 bits per heavy atom. The fraction of sp³-hybridized carbons (Fsp3) is 0.696. The summed E-state index contributed by atoms with van der Waals surface area (Å²) in [6.45, 7) is 6.63. The second kappa shape index (κ2) is 13.7. The van der Waals surface area contributed by atoms with Gasteiger partial charge in [0.2, 0.25) is 5.91 Å². The number of hydrogen-bond acceptors (Lipinski definition) is 12. The molecule has 4 atom stereocenters. The van der Waals surface area contributed by atoms with Gasteiger partial charge in [-0.25, -0.2) is 15.0 Å². The zero-order valence-electron chi connectivity index (χ0n) is 21.4. The lowest BCUT2D eigenvalue weighted by atomic mass is 10.1. The average molecular weight is 535 g/mol. The minimum absolute atomic E-state index is 0.0904. The first-order chi connectivity index (χ1) is 18.5. The predicted molar refractivity (Wildman–Crippen MR) is 138 cm³/mol. The number of carbonyl (C=O) groups excluding carboxylic acids is 2. The van der Waals surface area contributed by atoms with Crippen LogP contribution in [0.1, 0.15) is 25.5 Å². The molecular formula is C23H38N10O5. The van der Waals surface area contributed by atoms with E-state index < -0.39 is 30.4 Å². The zero-order valence-corrected chi connectivity index (χ0v) is 21.4. The van der Waals surface area contributed by atoms with Crippen molar-refractivity contribution in [1.29, 1.82) is 0 Å². The Balaban J connectivity index is 1.20. The summed E-state index contributed by atoms with van der Waals surface area (Å²) >= 11 is 0. The molecule has 4 unspecified atom stereocenters. The van der Waals surface area contributed by atoms with Crippen LogP contribution in [0.5, 0.6) is 0 Å². The number of anilines is 1. The van der Waals surface area contributed by atoms with E-state index in [0.717, 1.165) is 39.3 Å². The Kier molecular flexibility index (Phi) is 10.1. The molecule has 2 aliphatic heterocycles. The van der Waals surface area contributed by atoms with Gasteiger partial charge in [0.15, 0.2) is 23.8 Å². The standard InChI is InChI=1S/C23H38N10O5/c24-20-16-21(30-13-29-20)33(14-31-16)23-18(36)17(35)19(38-23)22(37)28-4-2-1-3-15(34)32-11-9-26-7-5-25-6-8-27-10-12-32/h13-14,17-19,23,25-27,35-36H,1-12H2,(H,28,37)(H2,24,29,30). The number of nitrogens with one attached hydrogen (secondary N) is 4. The molecule has 0 radical (unpaired) electrons. The van der Waals surface area contributed by atoms with Crippen LogP contribution in [-0.4, -0.2) is 124 Å². The topological polar surface area (TPSA) is 205 Å².